The van der Waals surface area contributed by atoms with Crippen LogP contribution >= 0.6 is 0 Å². The lowest BCUT2D eigenvalue weighted by atomic mass is 9.89. The molecule has 232 valence electrons. The normalized spacial score (nSPS) is 11.7. The fourth-order valence-electron chi connectivity index (χ4n) is 7.56. The molecule has 0 radical (unpaired) electrons. The van der Waals surface area contributed by atoms with Gasteiger partial charge in [0.2, 0.25) is 8.07 Å². The summed E-state index contributed by atoms with van der Waals surface area (Å²) in [7, 11) is -2.91. The van der Waals surface area contributed by atoms with E-state index >= 15 is 0 Å². The highest BCUT2D eigenvalue weighted by molar-refractivity contribution is 7.17. The van der Waals surface area contributed by atoms with Gasteiger partial charge in [0.1, 0.15) is 11.2 Å². The maximum Gasteiger partial charge on any atom is 0.230 e. The molecule has 0 saturated heterocycles. The van der Waals surface area contributed by atoms with Crippen LogP contribution in [0.25, 0.3) is 43.5 Å². The van der Waals surface area contributed by atoms with E-state index in [1.807, 2.05) is 6.07 Å². The Balaban J connectivity index is 1.43. The lowest BCUT2D eigenvalue weighted by molar-refractivity contribution is 0.669. The van der Waals surface area contributed by atoms with Crippen LogP contribution in [-0.4, -0.2) is 8.07 Å². The summed E-state index contributed by atoms with van der Waals surface area (Å²) in [6, 6.07) is 54.9. The molecule has 1 nitrogen and oxygen atoms in total. The van der Waals surface area contributed by atoms with Crippen molar-refractivity contribution in [3.63, 3.8) is 0 Å². The number of para-hydroxylation sites is 1. The van der Waals surface area contributed by atoms with Crippen molar-refractivity contribution in [2.45, 2.75) is 39.0 Å². The molecule has 0 saturated carbocycles. The van der Waals surface area contributed by atoms with Gasteiger partial charge in [-0.25, -0.2) is 0 Å². The van der Waals surface area contributed by atoms with E-state index in [0.29, 0.717) is 0 Å². The second-order valence-corrected chi connectivity index (χ2v) is 16.3. The minimum absolute atomic E-state index is 0.906. The lowest BCUT2D eigenvalue weighted by Gasteiger charge is -2.28. The topological polar surface area (TPSA) is 13.1 Å². The van der Waals surface area contributed by atoms with Gasteiger partial charge in [-0.1, -0.05) is 166 Å². The van der Waals surface area contributed by atoms with Crippen molar-refractivity contribution in [3.05, 3.63) is 163 Å². The van der Waals surface area contributed by atoms with Crippen molar-refractivity contribution in [3.8, 4) is 11.5 Å². The zero-order valence-corrected chi connectivity index (χ0v) is 28.4. The summed E-state index contributed by atoms with van der Waals surface area (Å²) in [4.78, 5) is 0. The summed E-state index contributed by atoms with van der Waals surface area (Å²) < 4.78 is 6.29. The van der Waals surface area contributed by atoms with Gasteiger partial charge in [-0.05, 0) is 73.7 Å². The minimum atomic E-state index is -2.91. The van der Waals surface area contributed by atoms with Crippen LogP contribution in [0, 0.1) is 11.5 Å². The minimum Gasteiger partial charge on any atom is -0.456 e. The van der Waals surface area contributed by atoms with Crippen LogP contribution in [-0.2, 0) is 6.42 Å². The molecule has 0 amide bonds. The standard InChI is InChI=1S/C46H38OSi/c1-2-3-4-11-22-37-38-23-12-14-25-40(38)42(41-26-15-13-24-39(37)41)31-32-48(34-18-7-5-8-19-34,35-20-9-6-10-21-35)36-29-30-46-44(33-36)43-27-16-17-28-45(43)47-46/h5-10,12-21,23-30,33H,2-4,11,22H2,1H3. The van der Waals surface area contributed by atoms with Gasteiger partial charge in [0, 0.05) is 16.3 Å². The molecular formula is C46H38OSi. The highest BCUT2D eigenvalue weighted by Gasteiger charge is 2.39. The Morgan fingerprint density at radius 1 is 0.479 bits per heavy atom. The van der Waals surface area contributed by atoms with Gasteiger partial charge in [-0.2, -0.15) is 0 Å². The summed E-state index contributed by atoms with van der Waals surface area (Å²) in [5.41, 5.74) is 8.52. The first-order valence-corrected chi connectivity index (χ1v) is 19.3. The fraction of sp³-hybridized carbons (Fsp3) is 0.130. The maximum absolute atomic E-state index is 6.29. The van der Waals surface area contributed by atoms with E-state index in [9.17, 15) is 0 Å². The molecular weight excluding hydrogens is 597 g/mol. The Labute approximate surface area is 283 Å². The van der Waals surface area contributed by atoms with Gasteiger partial charge < -0.3 is 4.42 Å². The molecule has 1 heterocycles. The third-order valence-corrected chi connectivity index (χ3v) is 14.0. The highest BCUT2D eigenvalue weighted by Crippen LogP contribution is 2.34. The zero-order valence-electron chi connectivity index (χ0n) is 27.4. The number of hydrogen-bond donors (Lipinski definition) is 0. The quantitative estimate of drug-likeness (QED) is 0.0533. The van der Waals surface area contributed by atoms with Gasteiger partial charge in [-0.15, -0.1) is 5.54 Å². The van der Waals surface area contributed by atoms with Gasteiger partial charge in [-0.3, -0.25) is 0 Å². The van der Waals surface area contributed by atoms with E-state index in [1.165, 1.54) is 68.4 Å². The zero-order chi connectivity index (χ0) is 32.3. The van der Waals surface area contributed by atoms with Crippen LogP contribution in [0.2, 0.25) is 0 Å². The van der Waals surface area contributed by atoms with Crippen molar-refractivity contribution in [2.75, 3.05) is 0 Å². The summed E-state index contributed by atoms with van der Waals surface area (Å²) in [5, 5.41) is 11.2. The molecule has 0 aliphatic carbocycles. The number of rotatable bonds is 8. The van der Waals surface area contributed by atoms with E-state index in [-0.39, 0.29) is 0 Å². The lowest BCUT2D eigenvalue weighted by Crippen LogP contribution is -2.66. The molecule has 2 heteroatoms. The molecule has 0 aliphatic heterocycles. The van der Waals surface area contributed by atoms with Crippen LogP contribution in [0.3, 0.4) is 0 Å². The summed E-state index contributed by atoms with van der Waals surface area (Å²) in [5.74, 6) is 3.94. The van der Waals surface area contributed by atoms with Gasteiger partial charge >= 0.3 is 0 Å². The molecule has 48 heavy (non-hydrogen) atoms. The molecule has 0 fully saturated rings. The van der Waals surface area contributed by atoms with Crippen LogP contribution in [0.15, 0.2) is 156 Å². The first-order chi connectivity index (χ1) is 23.8. The number of fused-ring (bicyclic) bond motifs is 5. The van der Waals surface area contributed by atoms with Gasteiger partial charge in [0.25, 0.3) is 0 Å². The molecule has 1 aromatic heterocycles. The molecule has 0 N–H and O–H groups in total. The average Bonchev–Trinajstić information content (AvgIpc) is 3.53. The predicted octanol–water partition coefficient (Wildman–Crippen LogP) is 10.1. The van der Waals surface area contributed by atoms with Crippen LogP contribution < -0.4 is 15.6 Å². The Hall–Kier alpha value is -5.36. The highest BCUT2D eigenvalue weighted by atomic mass is 28.3. The molecule has 0 unspecified atom stereocenters. The number of furan rings is 1. The third kappa shape index (κ3) is 5.22. The van der Waals surface area contributed by atoms with Crippen LogP contribution in [0.4, 0.5) is 0 Å². The molecule has 0 spiro atoms. The molecule has 8 aromatic rings. The van der Waals surface area contributed by atoms with E-state index < -0.39 is 8.07 Å². The molecule has 7 aromatic carbocycles. The van der Waals surface area contributed by atoms with Crippen LogP contribution in [0.5, 0.6) is 0 Å². The number of aryl methyl sites for hydroxylation is 1. The summed E-state index contributed by atoms with van der Waals surface area (Å²) >= 11 is 0. The van der Waals surface area contributed by atoms with Gasteiger partial charge in [0.15, 0.2) is 0 Å². The SMILES string of the molecule is CCCCCCc1c2ccccc2c(C#C[Si](c2ccccc2)(c2ccccc2)c2ccc3oc4ccccc4c3c2)c2ccccc12. The first kappa shape index (κ1) is 30.0. The van der Waals surface area contributed by atoms with Crippen LogP contribution in [0.1, 0.15) is 43.7 Å². The van der Waals surface area contributed by atoms with E-state index in [0.717, 1.165) is 33.9 Å². The number of benzene rings is 7. The Morgan fingerprint density at radius 3 is 1.65 bits per heavy atom. The van der Waals surface area contributed by atoms with Crippen molar-refractivity contribution in [1.29, 1.82) is 0 Å². The van der Waals surface area contributed by atoms with Crippen molar-refractivity contribution in [1.82, 2.24) is 0 Å². The fourth-order valence-corrected chi connectivity index (χ4v) is 11.4. The largest absolute Gasteiger partial charge is 0.456 e. The predicted molar refractivity (Wildman–Crippen MR) is 207 cm³/mol. The summed E-state index contributed by atoms with van der Waals surface area (Å²) in [6.45, 7) is 2.28. The smallest absolute Gasteiger partial charge is 0.230 e. The molecule has 0 bridgehead atoms. The second-order valence-electron chi connectivity index (χ2n) is 12.8. The Morgan fingerprint density at radius 2 is 1.02 bits per heavy atom. The average molecular weight is 635 g/mol. The number of hydrogen-bond acceptors (Lipinski definition) is 1. The summed E-state index contributed by atoms with van der Waals surface area (Å²) in [6.07, 6.45) is 6.08. The number of unbranched alkanes of at least 4 members (excludes halogenated alkanes) is 3. The molecule has 0 atom stereocenters. The van der Waals surface area contributed by atoms with Crippen molar-refractivity contribution < 1.29 is 4.42 Å². The van der Waals surface area contributed by atoms with E-state index in [2.05, 4.69) is 164 Å². The van der Waals surface area contributed by atoms with E-state index in [4.69, 9.17) is 4.42 Å². The Kier molecular flexibility index (Phi) is 8.15. The van der Waals surface area contributed by atoms with Gasteiger partial charge in [0.05, 0.1) is 0 Å². The first-order valence-electron chi connectivity index (χ1n) is 17.3. The molecule has 0 aliphatic rings. The van der Waals surface area contributed by atoms with Crippen molar-refractivity contribution >= 4 is 67.1 Å². The monoisotopic (exact) mass is 634 g/mol. The molecule has 8 rings (SSSR count). The van der Waals surface area contributed by atoms with E-state index in [1.54, 1.807) is 0 Å². The van der Waals surface area contributed by atoms with Crippen molar-refractivity contribution in [2.24, 2.45) is 0 Å². The maximum atomic E-state index is 6.29. The Bertz CT molecular complexity index is 2350. The third-order valence-electron chi connectivity index (χ3n) is 9.92. The second kappa shape index (κ2) is 13.0.